The molecule has 0 unspecified atom stereocenters. The van der Waals surface area contributed by atoms with Gasteiger partial charge < -0.3 is 19.7 Å². The van der Waals surface area contributed by atoms with Crippen molar-refractivity contribution in [1.82, 2.24) is 0 Å². The number of nitrogens with zero attached hydrogens (tertiary/aromatic N) is 3. The third-order valence-electron chi connectivity index (χ3n) is 5.02. The van der Waals surface area contributed by atoms with E-state index in [1.165, 1.54) is 0 Å². The smallest absolute Gasteiger partial charge is 0.110 e. The molecule has 3 rings (SSSR count). The minimum atomic E-state index is -1.07. The highest BCUT2D eigenvalue weighted by atomic mass is 16.5. The molecule has 2 aromatic carbocycles. The zero-order valence-electron chi connectivity index (χ0n) is 15.5. The Hall–Kier alpha value is -2.41. The molecule has 1 fully saturated rings. The van der Waals surface area contributed by atoms with Crippen molar-refractivity contribution in [3.05, 3.63) is 82.2 Å². The van der Waals surface area contributed by atoms with Gasteiger partial charge in [-0.05, 0) is 23.1 Å². The summed E-state index contributed by atoms with van der Waals surface area (Å²) in [4.78, 5) is 2.84. The van der Waals surface area contributed by atoms with E-state index in [1.54, 1.807) is 0 Å². The molecule has 7 heteroatoms. The predicted molar refractivity (Wildman–Crippen MR) is 104 cm³/mol. The van der Waals surface area contributed by atoms with E-state index < -0.39 is 24.4 Å². The van der Waals surface area contributed by atoms with Crippen LogP contribution in [0.5, 0.6) is 0 Å². The van der Waals surface area contributed by atoms with Crippen molar-refractivity contribution < 1.29 is 19.7 Å². The molecule has 0 amide bonds. The molecule has 5 atom stereocenters. The Kier molecular flexibility index (Phi) is 7.42. The lowest BCUT2D eigenvalue weighted by Crippen LogP contribution is -2.55. The van der Waals surface area contributed by atoms with Crippen molar-refractivity contribution in [3.8, 4) is 0 Å². The number of rotatable bonds is 8. The van der Waals surface area contributed by atoms with E-state index in [9.17, 15) is 10.2 Å². The first-order chi connectivity index (χ1) is 13.7. The summed E-state index contributed by atoms with van der Waals surface area (Å²) in [6, 6.07) is 18.6. The minimum absolute atomic E-state index is 0.250. The fourth-order valence-corrected chi connectivity index (χ4v) is 3.49. The van der Waals surface area contributed by atoms with Crippen molar-refractivity contribution >= 4 is 0 Å². The van der Waals surface area contributed by atoms with Gasteiger partial charge in [-0.1, -0.05) is 65.8 Å². The van der Waals surface area contributed by atoms with Crippen LogP contribution in [0.4, 0.5) is 0 Å². The van der Waals surface area contributed by atoms with Gasteiger partial charge in [0.25, 0.3) is 0 Å². The second-order valence-electron chi connectivity index (χ2n) is 7.01. The fourth-order valence-electron chi connectivity index (χ4n) is 3.49. The molecule has 0 spiro atoms. The Morgan fingerprint density at radius 3 is 2.14 bits per heavy atom. The van der Waals surface area contributed by atoms with Crippen LogP contribution in [0.2, 0.25) is 0 Å². The molecule has 2 aromatic rings. The zero-order chi connectivity index (χ0) is 19.8. The second-order valence-corrected chi connectivity index (χ2v) is 7.01. The van der Waals surface area contributed by atoms with E-state index in [2.05, 4.69) is 10.0 Å². The van der Waals surface area contributed by atoms with Crippen LogP contribution in [0.3, 0.4) is 0 Å². The molecule has 0 radical (unpaired) electrons. The lowest BCUT2D eigenvalue weighted by molar-refractivity contribution is -0.161. The van der Waals surface area contributed by atoms with E-state index in [0.717, 1.165) is 11.1 Å². The van der Waals surface area contributed by atoms with Crippen molar-refractivity contribution in [1.29, 1.82) is 0 Å². The van der Waals surface area contributed by atoms with Gasteiger partial charge in [-0.3, -0.25) is 0 Å². The lowest BCUT2D eigenvalue weighted by Gasteiger charge is -2.41. The van der Waals surface area contributed by atoms with Crippen LogP contribution in [0.1, 0.15) is 17.5 Å². The van der Waals surface area contributed by atoms with Crippen LogP contribution in [-0.2, 0) is 22.7 Å². The molecule has 148 valence electrons. The minimum Gasteiger partial charge on any atom is -0.390 e. The summed E-state index contributed by atoms with van der Waals surface area (Å²) in [5, 5.41) is 25.0. The van der Waals surface area contributed by atoms with Gasteiger partial charge in [0.1, 0.15) is 6.10 Å². The number of aliphatic hydroxyl groups is 2. The van der Waals surface area contributed by atoms with Gasteiger partial charge in [0.15, 0.2) is 0 Å². The number of benzene rings is 2. The summed E-state index contributed by atoms with van der Waals surface area (Å²) >= 11 is 0. The van der Waals surface area contributed by atoms with Gasteiger partial charge in [0, 0.05) is 10.8 Å². The van der Waals surface area contributed by atoms with E-state index in [-0.39, 0.29) is 19.1 Å². The maximum absolute atomic E-state index is 10.8. The summed E-state index contributed by atoms with van der Waals surface area (Å²) in [6.07, 6.45) is -2.50. The predicted octanol–water partition coefficient (Wildman–Crippen LogP) is 3.21. The molecule has 0 aliphatic heterocycles. The molecular formula is C21H25N3O4. The fraction of sp³-hybridized carbons (Fsp3) is 0.429. The average Bonchev–Trinajstić information content (AvgIpc) is 2.73. The van der Waals surface area contributed by atoms with Gasteiger partial charge in [0.05, 0.1) is 38.1 Å². The molecule has 0 heterocycles. The lowest BCUT2D eigenvalue weighted by atomic mass is 9.80. The number of ether oxygens (including phenoxy) is 2. The highest BCUT2D eigenvalue weighted by Gasteiger charge is 2.44. The van der Waals surface area contributed by atoms with E-state index in [0.29, 0.717) is 13.0 Å². The van der Waals surface area contributed by atoms with Crippen molar-refractivity contribution in [2.45, 2.75) is 44.0 Å². The number of hydrogen-bond acceptors (Lipinski definition) is 5. The van der Waals surface area contributed by atoms with E-state index in [4.69, 9.17) is 15.0 Å². The summed E-state index contributed by atoms with van der Waals surface area (Å²) < 4.78 is 11.6. The van der Waals surface area contributed by atoms with Crippen LogP contribution >= 0.6 is 0 Å². The van der Waals surface area contributed by atoms with Crippen molar-refractivity contribution in [2.24, 2.45) is 11.0 Å². The number of hydrogen-bond donors (Lipinski definition) is 2. The van der Waals surface area contributed by atoms with Crippen LogP contribution < -0.4 is 0 Å². The first-order valence-electron chi connectivity index (χ1n) is 9.36. The first kappa shape index (κ1) is 20.3. The Balaban J connectivity index is 1.63. The Labute approximate surface area is 164 Å². The molecule has 0 saturated heterocycles. The van der Waals surface area contributed by atoms with Gasteiger partial charge in [0.2, 0.25) is 0 Å². The molecule has 0 bridgehead atoms. The quantitative estimate of drug-likeness (QED) is 0.414. The normalized spacial score (nSPS) is 27.1. The Morgan fingerprint density at radius 2 is 1.54 bits per heavy atom. The summed E-state index contributed by atoms with van der Waals surface area (Å²) in [7, 11) is 0. The molecule has 0 aromatic heterocycles. The topological polar surface area (TPSA) is 108 Å². The Bertz CT molecular complexity index is 768. The Morgan fingerprint density at radius 1 is 0.929 bits per heavy atom. The maximum Gasteiger partial charge on any atom is 0.110 e. The monoisotopic (exact) mass is 383 g/mol. The number of azide groups is 1. The van der Waals surface area contributed by atoms with Crippen LogP contribution in [0.15, 0.2) is 65.8 Å². The van der Waals surface area contributed by atoms with Crippen molar-refractivity contribution in [2.75, 3.05) is 6.61 Å². The molecule has 1 aliphatic rings. The highest BCUT2D eigenvalue weighted by Crippen LogP contribution is 2.31. The molecule has 28 heavy (non-hydrogen) atoms. The van der Waals surface area contributed by atoms with Crippen molar-refractivity contribution in [3.63, 3.8) is 0 Å². The van der Waals surface area contributed by atoms with Crippen LogP contribution in [0.25, 0.3) is 10.4 Å². The maximum atomic E-state index is 10.8. The van der Waals surface area contributed by atoms with Gasteiger partial charge >= 0.3 is 0 Å². The third-order valence-corrected chi connectivity index (χ3v) is 5.02. The second kappa shape index (κ2) is 10.2. The third kappa shape index (κ3) is 5.32. The van der Waals surface area contributed by atoms with E-state index >= 15 is 0 Å². The van der Waals surface area contributed by atoms with Crippen LogP contribution in [0, 0.1) is 5.92 Å². The zero-order valence-corrected chi connectivity index (χ0v) is 15.5. The van der Waals surface area contributed by atoms with E-state index in [1.807, 2.05) is 60.7 Å². The van der Waals surface area contributed by atoms with Crippen LogP contribution in [-0.4, -0.2) is 41.2 Å². The highest BCUT2D eigenvalue weighted by molar-refractivity contribution is 5.14. The average molecular weight is 383 g/mol. The molecular weight excluding hydrogens is 358 g/mol. The van der Waals surface area contributed by atoms with Gasteiger partial charge in [-0.2, -0.15) is 0 Å². The summed E-state index contributed by atoms with van der Waals surface area (Å²) in [5.41, 5.74) is 10.8. The van der Waals surface area contributed by atoms with Gasteiger partial charge in [-0.15, -0.1) is 0 Å². The summed E-state index contributed by atoms with van der Waals surface area (Å²) in [5.74, 6) is -0.302. The largest absolute Gasteiger partial charge is 0.390 e. The summed E-state index contributed by atoms with van der Waals surface area (Å²) in [6.45, 7) is 0.958. The standard InChI is InChI=1S/C21H25N3O4/c22-24-23-18-11-17(14-27-12-15-7-3-1-4-8-15)19(25)21(20(18)26)28-13-16-9-5-2-6-10-16/h1-10,17-21,25-26H,11-14H2/t17-,18-,19-,20+,21+/m1/s1. The first-order valence-corrected chi connectivity index (χ1v) is 9.36. The SMILES string of the molecule is [N-]=[N+]=N[C@@H]1C[C@H](COCc2ccccc2)[C@@H](O)[C@H](OCc2ccccc2)[C@H]1O. The molecule has 1 saturated carbocycles. The van der Waals surface area contributed by atoms with Gasteiger partial charge in [-0.25, -0.2) is 0 Å². The number of aliphatic hydroxyl groups excluding tert-OH is 2. The molecule has 2 N–H and O–H groups in total. The molecule has 1 aliphatic carbocycles. The molecule has 7 nitrogen and oxygen atoms in total.